The van der Waals surface area contributed by atoms with E-state index < -0.39 is 28.7 Å². The van der Waals surface area contributed by atoms with Crippen LogP contribution in [0, 0.1) is 11.8 Å². The van der Waals surface area contributed by atoms with Crippen molar-refractivity contribution in [1.29, 1.82) is 0 Å². The molecule has 1 N–H and O–H groups in total. The van der Waals surface area contributed by atoms with Gasteiger partial charge in [-0.05, 0) is 42.7 Å². The molecular formula is C37H37BrClN3O4S. The topological polar surface area (TPSA) is 81.2 Å². The number of hydrogen-bond acceptors (Lipinski definition) is 5. The largest absolute Gasteiger partial charge is 0.394 e. The number of aliphatic hydroxyl groups excluding tert-OH is 1. The fraction of sp³-hybridized carbons (Fsp3) is 0.324. The van der Waals surface area contributed by atoms with Crippen molar-refractivity contribution < 1.29 is 19.5 Å². The van der Waals surface area contributed by atoms with Gasteiger partial charge >= 0.3 is 0 Å². The molecule has 0 aliphatic carbocycles. The van der Waals surface area contributed by atoms with Gasteiger partial charge in [-0.25, -0.2) is 0 Å². The molecular weight excluding hydrogens is 698 g/mol. The van der Waals surface area contributed by atoms with E-state index in [2.05, 4.69) is 29.1 Å². The molecule has 7 atom stereocenters. The lowest BCUT2D eigenvalue weighted by atomic mass is 9.70. The number of aliphatic hydroxyl groups is 1. The number of benzene rings is 3. The van der Waals surface area contributed by atoms with Gasteiger partial charge in [0.2, 0.25) is 11.8 Å². The number of carbonyl (C=O) groups excluding carboxylic acids is 3. The predicted octanol–water partition coefficient (Wildman–Crippen LogP) is 6.15. The van der Waals surface area contributed by atoms with Crippen LogP contribution >= 0.6 is 39.3 Å². The molecule has 3 fully saturated rings. The summed E-state index contributed by atoms with van der Waals surface area (Å²) in [6.45, 7) is 7.89. The molecule has 3 saturated heterocycles. The number of amides is 3. The number of rotatable bonds is 12. The Morgan fingerprint density at radius 1 is 0.979 bits per heavy atom. The summed E-state index contributed by atoms with van der Waals surface area (Å²) in [6.07, 6.45) is 4.17. The molecule has 10 heteroatoms. The number of hydrogen-bond donors (Lipinski definition) is 1. The third-order valence-electron chi connectivity index (χ3n) is 9.53. The summed E-state index contributed by atoms with van der Waals surface area (Å²) in [5, 5.41) is 11.0. The van der Waals surface area contributed by atoms with Crippen molar-refractivity contribution in [3.63, 3.8) is 0 Å². The van der Waals surface area contributed by atoms with Crippen molar-refractivity contribution in [3.8, 4) is 0 Å². The second-order valence-electron chi connectivity index (χ2n) is 12.2. The average Bonchev–Trinajstić information content (AvgIpc) is 3.69. The molecule has 6 rings (SSSR count). The lowest BCUT2D eigenvalue weighted by molar-refractivity contribution is -0.141. The van der Waals surface area contributed by atoms with E-state index in [-0.39, 0.29) is 47.5 Å². The van der Waals surface area contributed by atoms with Gasteiger partial charge in [0.25, 0.3) is 5.91 Å². The highest BCUT2D eigenvalue weighted by Crippen LogP contribution is 2.68. The van der Waals surface area contributed by atoms with Crippen LogP contribution in [-0.2, 0) is 20.8 Å². The molecule has 47 heavy (non-hydrogen) atoms. The first-order valence-electron chi connectivity index (χ1n) is 15.7. The Hall–Kier alpha value is -3.37. The number of fused-ring (bicyclic) bond motifs is 1. The summed E-state index contributed by atoms with van der Waals surface area (Å²) in [7, 11) is 0. The van der Waals surface area contributed by atoms with Crippen LogP contribution in [0.5, 0.6) is 0 Å². The van der Waals surface area contributed by atoms with E-state index in [1.807, 2.05) is 66.7 Å². The Kier molecular flexibility index (Phi) is 9.99. The molecule has 244 valence electrons. The minimum atomic E-state index is -0.963. The van der Waals surface area contributed by atoms with Crippen molar-refractivity contribution in [2.45, 2.75) is 39.7 Å². The molecule has 2 bridgehead atoms. The second kappa shape index (κ2) is 14.0. The molecule has 3 heterocycles. The number of alkyl halides is 1. The fourth-order valence-electron chi connectivity index (χ4n) is 7.65. The molecule has 0 aromatic heterocycles. The Balaban J connectivity index is 1.48. The van der Waals surface area contributed by atoms with E-state index >= 15 is 4.79 Å². The fourth-order valence-corrected chi connectivity index (χ4v) is 11.5. The number of carbonyl (C=O) groups is 3. The molecule has 3 aliphatic heterocycles. The standard InChI is InChI=1S/C37H37BrClN3O4S/c1-3-19-40(25-15-9-6-10-16-25)34(44)30-31-35(45)42(26(23-43)21-24-13-7-5-8-14-24)33(37(31)22-27(38)32(30)47-37)36(46)41(20-4-2)29-18-12-11-17-28(29)39/h3-18,26-27,30-33,43H,1-2,19-23H2/t26-,27?,30-,31+,32-,33?,37?/m1/s1. The molecule has 3 amide bonds. The number of para-hydroxylation sites is 2. The van der Waals surface area contributed by atoms with Gasteiger partial charge in [0.1, 0.15) is 6.04 Å². The maximum Gasteiger partial charge on any atom is 0.251 e. The quantitative estimate of drug-likeness (QED) is 0.179. The normalized spacial score (nSPS) is 26.5. The smallest absolute Gasteiger partial charge is 0.251 e. The third kappa shape index (κ3) is 5.86. The molecule has 0 radical (unpaired) electrons. The highest BCUT2D eigenvalue weighted by molar-refractivity contribution is 9.09. The minimum absolute atomic E-state index is 0.114. The Labute approximate surface area is 293 Å². The van der Waals surface area contributed by atoms with Crippen molar-refractivity contribution in [3.05, 3.63) is 121 Å². The van der Waals surface area contributed by atoms with Gasteiger partial charge < -0.3 is 19.8 Å². The molecule has 0 saturated carbocycles. The van der Waals surface area contributed by atoms with Gasteiger partial charge in [0.15, 0.2) is 0 Å². The Bertz CT molecular complexity index is 1660. The Morgan fingerprint density at radius 3 is 2.23 bits per heavy atom. The maximum atomic E-state index is 15.1. The van der Waals surface area contributed by atoms with Gasteiger partial charge in [-0.3, -0.25) is 14.4 Å². The van der Waals surface area contributed by atoms with Crippen LogP contribution in [0.4, 0.5) is 11.4 Å². The molecule has 7 nitrogen and oxygen atoms in total. The predicted molar refractivity (Wildman–Crippen MR) is 193 cm³/mol. The molecule has 3 unspecified atom stereocenters. The van der Waals surface area contributed by atoms with Crippen molar-refractivity contribution in [2.24, 2.45) is 11.8 Å². The number of likely N-dealkylation sites (tertiary alicyclic amines) is 1. The maximum absolute atomic E-state index is 15.1. The summed E-state index contributed by atoms with van der Waals surface area (Å²) in [5.41, 5.74) is 2.16. The lowest BCUT2D eigenvalue weighted by Gasteiger charge is -2.40. The van der Waals surface area contributed by atoms with Crippen LogP contribution in [0.1, 0.15) is 12.0 Å². The minimum Gasteiger partial charge on any atom is -0.394 e. The van der Waals surface area contributed by atoms with E-state index in [0.717, 1.165) is 5.56 Å². The second-order valence-corrected chi connectivity index (χ2v) is 15.3. The number of halogens is 2. The number of anilines is 2. The van der Waals surface area contributed by atoms with E-state index in [1.54, 1.807) is 56.8 Å². The van der Waals surface area contributed by atoms with E-state index in [0.29, 0.717) is 29.2 Å². The van der Waals surface area contributed by atoms with Gasteiger partial charge in [0, 0.05) is 28.9 Å². The highest BCUT2D eigenvalue weighted by Gasteiger charge is 2.76. The van der Waals surface area contributed by atoms with Gasteiger partial charge in [-0.15, -0.1) is 24.9 Å². The first kappa shape index (κ1) is 33.5. The molecule has 1 spiro atoms. The van der Waals surface area contributed by atoms with Crippen LogP contribution in [0.3, 0.4) is 0 Å². The molecule has 3 aromatic carbocycles. The SMILES string of the molecule is C=CCN(C(=O)[C@H]1[C@@H]2SC3(CC2Br)C(C(=O)N(CC=C)c2ccccc2Cl)N([C@@H](CO)Cc2ccccc2)C(=O)[C@H]13)c1ccccc1. The van der Waals surface area contributed by atoms with Crippen LogP contribution in [0.25, 0.3) is 0 Å². The van der Waals surface area contributed by atoms with Crippen LogP contribution in [0.15, 0.2) is 110 Å². The lowest BCUT2D eigenvalue weighted by Crippen LogP contribution is -2.58. The third-order valence-corrected chi connectivity index (χ3v) is 13.1. The highest BCUT2D eigenvalue weighted by atomic mass is 79.9. The Morgan fingerprint density at radius 2 is 1.60 bits per heavy atom. The zero-order chi connectivity index (χ0) is 33.3. The zero-order valence-corrected chi connectivity index (χ0v) is 29.0. The van der Waals surface area contributed by atoms with Crippen molar-refractivity contribution >= 4 is 68.4 Å². The summed E-state index contributed by atoms with van der Waals surface area (Å²) in [4.78, 5) is 49.5. The van der Waals surface area contributed by atoms with E-state index in [1.165, 1.54) is 0 Å². The van der Waals surface area contributed by atoms with Gasteiger partial charge in [-0.2, -0.15) is 0 Å². The van der Waals surface area contributed by atoms with Crippen LogP contribution in [0.2, 0.25) is 5.02 Å². The number of nitrogens with zero attached hydrogens (tertiary/aromatic N) is 3. The first-order valence-corrected chi connectivity index (χ1v) is 17.9. The van der Waals surface area contributed by atoms with Crippen molar-refractivity contribution in [1.82, 2.24) is 4.90 Å². The van der Waals surface area contributed by atoms with Crippen LogP contribution in [-0.4, -0.2) is 74.3 Å². The van der Waals surface area contributed by atoms with Gasteiger partial charge in [-0.1, -0.05) is 100 Å². The average molecular weight is 735 g/mol. The summed E-state index contributed by atoms with van der Waals surface area (Å²) in [6, 6.07) is 24.5. The summed E-state index contributed by atoms with van der Waals surface area (Å²) < 4.78 is -0.922. The van der Waals surface area contributed by atoms with Crippen LogP contribution < -0.4 is 9.80 Å². The number of thioether (sulfide) groups is 1. The zero-order valence-electron chi connectivity index (χ0n) is 25.8. The monoisotopic (exact) mass is 733 g/mol. The van der Waals surface area contributed by atoms with Gasteiger partial charge in [0.05, 0.1) is 39.9 Å². The molecule has 3 aliphatic rings. The summed E-state index contributed by atoms with van der Waals surface area (Å²) in [5.74, 6) is -2.24. The van der Waals surface area contributed by atoms with E-state index in [9.17, 15) is 14.7 Å². The first-order chi connectivity index (χ1) is 22.8. The van der Waals surface area contributed by atoms with Crippen molar-refractivity contribution in [2.75, 3.05) is 29.5 Å². The van der Waals surface area contributed by atoms with E-state index in [4.69, 9.17) is 11.6 Å². The molecule has 3 aromatic rings. The summed E-state index contributed by atoms with van der Waals surface area (Å²) >= 11 is 12.1.